The van der Waals surface area contributed by atoms with Crippen molar-refractivity contribution < 1.29 is 4.79 Å². The van der Waals surface area contributed by atoms with E-state index >= 15 is 0 Å². The van der Waals surface area contributed by atoms with Gasteiger partial charge in [0.25, 0.3) is 0 Å². The lowest BCUT2D eigenvalue weighted by Crippen LogP contribution is -2.11. The fraction of sp³-hybridized carbons (Fsp3) is 0.250. The van der Waals surface area contributed by atoms with E-state index in [0.29, 0.717) is 6.42 Å². The number of unbranched alkanes of at least 4 members (excludes halogenated alkanes) is 1. The van der Waals surface area contributed by atoms with Crippen molar-refractivity contribution in [3.8, 4) is 0 Å². The largest absolute Gasteiger partial charge is 0.325 e. The third-order valence-corrected chi connectivity index (χ3v) is 3.51. The molecule has 0 spiro atoms. The summed E-state index contributed by atoms with van der Waals surface area (Å²) in [5.41, 5.74) is 2.06. The van der Waals surface area contributed by atoms with Crippen molar-refractivity contribution in [2.24, 2.45) is 0 Å². The monoisotopic (exact) mass is 332 g/mol. The Morgan fingerprint density at radius 3 is 2.65 bits per heavy atom. The normalized spacial score (nSPS) is 10.2. The van der Waals surface area contributed by atoms with Crippen LogP contribution in [0.4, 0.5) is 5.69 Å². The highest BCUT2D eigenvalue weighted by atomic mass is 79.9. The molecule has 20 heavy (non-hydrogen) atoms. The Hall–Kier alpha value is -1.68. The van der Waals surface area contributed by atoms with Gasteiger partial charge in [-0.2, -0.15) is 0 Å². The first-order valence-electron chi connectivity index (χ1n) is 6.68. The molecule has 0 unspecified atom stereocenters. The smallest absolute Gasteiger partial charge is 0.224 e. The molecule has 1 aromatic heterocycles. The Morgan fingerprint density at radius 1 is 1.15 bits per heavy atom. The van der Waals surface area contributed by atoms with Crippen LogP contribution < -0.4 is 5.32 Å². The van der Waals surface area contributed by atoms with Gasteiger partial charge in [-0.15, -0.1) is 0 Å². The van der Waals surface area contributed by atoms with Crippen LogP contribution in [0.1, 0.15) is 24.8 Å². The van der Waals surface area contributed by atoms with Crippen LogP contribution >= 0.6 is 15.9 Å². The van der Waals surface area contributed by atoms with Crippen LogP contribution in [0.3, 0.4) is 0 Å². The van der Waals surface area contributed by atoms with Gasteiger partial charge in [0.05, 0.1) is 11.9 Å². The van der Waals surface area contributed by atoms with E-state index in [0.717, 1.165) is 29.4 Å². The summed E-state index contributed by atoms with van der Waals surface area (Å²) in [6, 6.07) is 12.0. The van der Waals surface area contributed by atoms with Gasteiger partial charge in [0.1, 0.15) is 0 Å². The highest BCUT2D eigenvalue weighted by Gasteiger charge is 2.02. The molecule has 0 fully saturated rings. The molecule has 0 radical (unpaired) electrons. The summed E-state index contributed by atoms with van der Waals surface area (Å²) < 4.78 is 1.09. The average molecular weight is 333 g/mol. The zero-order valence-electron chi connectivity index (χ0n) is 11.2. The summed E-state index contributed by atoms with van der Waals surface area (Å²) in [4.78, 5) is 15.7. The third-order valence-electron chi connectivity index (χ3n) is 2.98. The van der Waals surface area contributed by atoms with Gasteiger partial charge < -0.3 is 5.32 Å². The maximum Gasteiger partial charge on any atom is 0.224 e. The van der Waals surface area contributed by atoms with Gasteiger partial charge in [-0.3, -0.25) is 9.78 Å². The van der Waals surface area contributed by atoms with Crippen molar-refractivity contribution in [3.63, 3.8) is 0 Å². The molecule has 104 valence electrons. The van der Waals surface area contributed by atoms with Crippen LogP contribution in [0.15, 0.2) is 53.3 Å². The number of aromatic nitrogens is 1. The predicted molar refractivity (Wildman–Crippen MR) is 84.6 cm³/mol. The molecule has 1 N–H and O–H groups in total. The SMILES string of the molecule is O=C(CCCCc1ccc(Br)cc1)Nc1cccnc1. The Labute approximate surface area is 127 Å². The van der Waals surface area contributed by atoms with Crippen LogP contribution in [-0.4, -0.2) is 10.9 Å². The van der Waals surface area contributed by atoms with Crippen LogP contribution in [0, 0.1) is 0 Å². The Balaban J connectivity index is 1.66. The van der Waals surface area contributed by atoms with Crippen LogP contribution in [0.2, 0.25) is 0 Å². The maximum atomic E-state index is 11.7. The zero-order chi connectivity index (χ0) is 14.2. The van der Waals surface area contributed by atoms with Gasteiger partial charge in [-0.05, 0) is 49.1 Å². The van der Waals surface area contributed by atoms with Crippen molar-refractivity contribution >= 4 is 27.5 Å². The summed E-state index contributed by atoms with van der Waals surface area (Å²) in [5, 5.41) is 2.84. The van der Waals surface area contributed by atoms with Gasteiger partial charge in [-0.25, -0.2) is 0 Å². The first-order valence-corrected chi connectivity index (χ1v) is 7.47. The number of carbonyl (C=O) groups is 1. The highest BCUT2D eigenvalue weighted by Crippen LogP contribution is 2.13. The minimum atomic E-state index is 0.0498. The summed E-state index contributed by atoms with van der Waals surface area (Å²) in [5.74, 6) is 0.0498. The number of hydrogen-bond acceptors (Lipinski definition) is 2. The molecule has 1 heterocycles. The number of anilines is 1. The molecule has 0 atom stereocenters. The fourth-order valence-corrected chi connectivity index (χ4v) is 2.19. The third kappa shape index (κ3) is 5.13. The number of nitrogens with zero attached hydrogens (tertiary/aromatic N) is 1. The van der Waals surface area contributed by atoms with E-state index in [4.69, 9.17) is 0 Å². The van der Waals surface area contributed by atoms with Gasteiger partial charge in [0, 0.05) is 17.1 Å². The van der Waals surface area contributed by atoms with Gasteiger partial charge in [0.15, 0.2) is 0 Å². The number of nitrogens with one attached hydrogen (secondary N) is 1. The second-order valence-electron chi connectivity index (χ2n) is 4.62. The molecular formula is C16H17BrN2O. The molecule has 0 aliphatic heterocycles. The van der Waals surface area contributed by atoms with E-state index < -0.39 is 0 Å². The lowest BCUT2D eigenvalue weighted by atomic mass is 10.1. The van der Waals surface area contributed by atoms with E-state index in [2.05, 4.69) is 38.4 Å². The van der Waals surface area contributed by atoms with E-state index in [9.17, 15) is 4.79 Å². The first kappa shape index (κ1) is 14.7. The molecule has 1 aromatic carbocycles. The zero-order valence-corrected chi connectivity index (χ0v) is 12.8. The number of halogens is 1. The number of rotatable bonds is 6. The minimum Gasteiger partial charge on any atom is -0.325 e. The molecular weight excluding hydrogens is 316 g/mol. The summed E-state index contributed by atoms with van der Waals surface area (Å²) in [6.07, 6.45) is 6.80. The van der Waals surface area contributed by atoms with Gasteiger partial charge >= 0.3 is 0 Å². The van der Waals surface area contributed by atoms with Crippen molar-refractivity contribution in [2.45, 2.75) is 25.7 Å². The second-order valence-corrected chi connectivity index (χ2v) is 5.54. The Kier molecular flexibility index (Phi) is 5.74. The molecule has 0 saturated heterocycles. The Bertz CT molecular complexity index is 540. The van der Waals surface area contributed by atoms with Crippen molar-refractivity contribution in [1.82, 2.24) is 4.98 Å². The van der Waals surface area contributed by atoms with E-state index in [1.165, 1.54) is 5.56 Å². The summed E-state index contributed by atoms with van der Waals surface area (Å²) in [6.45, 7) is 0. The van der Waals surface area contributed by atoms with Gasteiger partial charge in [-0.1, -0.05) is 28.1 Å². The molecule has 0 bridgehead atoms. The molecule has 0 saturated carbocycles. The number of aryl methyl sites for hydroxylation is 1. The number of pyridine rings is 1. The van der Waals surface area contributed by atoms with Crippen LogP contribution in [0.5, 0.6) is 0 Å². The minimum absolute atomic E-state index is 0.0498. The number of benzene rings is 1. The molecule has 2 rings (SSSR count). The number of hydrogen-bond donors (Lipinski definition) is 1. The molecule has 0 aliphatic carbocycles. The fourth-order valence-electron chi connectivity index (χ4n) is 1.93. The Morgan fingerprint density at radius 2 is 1.95 bits per heavy atom. The average Bonchev–Trinajstić information content (AvgIpc) is 2.46. The molecule has 3 nitrogen and oxygen atoms in total. The maximum absolute atomic E-state index is 11.7. The van der Waals surface area contributed by atoms with Crippen molar-refractivity contribution in [2.75, 3.05) is 5.32 Å². The molecule has 1 amide bonds. The summed E-state index contributed by atoms with van der Waals surface area (Å²) in [7, 11) is 0. The molecule has 2 aromatic rings. The number of amides is 1. The standard InChI is InChI=1S/C16H17BrN2O/c17-14-9-7-13(8-10-14)4-1-2-6-16(20)19-15-5-3-11-18-12-15/h3,5,7-12H,1-2,4,6H2,(H,19,20). The topological polar surface area (TPSA) is 42.0 Å². The second kappa shape index (κ2) is 7.80. The van der Waals surface area contributed by atoms with Crippen molar-refractivity contribution in [3.05, 3.63) is 58.8 Å². The van der Waals surface area contributed by atoms with Crippen LogP contribution in [-0.2, 0) is 11.2 Å². The predicted octanol–water partition coefficient (Wildman–Crippen LogP) is 4.20. The van der Waals surface area contributed by atoms with Gasteiger partial charge in [0.2, 0.25) is 5.91 Å². The van der Waals surface area contributed by atoms with E-state index in [1.54, 1.807) is 12.4 Å². The summed E-state index contributed by atoms with van der Waals surface area (Å²) >= 11 is 3.42. The lowest BCUT2D eigenvalue weighted by Gasteiger charge is -2.05. The number of carbonyl (C=O) groups excluding carboxylic acids is 1. The highest BCUT2D eigenvalue weighted by molar-refractivity contribution is 9.10. The van der Waals surface area contributed by atoms with Crippen LogP contribution in [0.25, 0.3) is 0 Å². The first-order chi connectivity index (χ1) is 9.74. The molecule has 4 heteroatoms. The molecule has 0 aliphatic rings. The van der Waals surface area contributed by atoms with E-state index in [-0.39, 0.29) is 5.91 Å². The van der Waals surface area contributed by atoms with Crippen molar-refractivity contribution in [1.29, 1.82) is 0 Å². The quantitative estimate of drug-likeness (QED) is 0.805. The van der Waals surface area contributed by atoms with E-state index in [1.807, 2.05) is 24.3 Å². The lowest BCUT2D eigenvalue weighted by molar-refractivity contribution is -0.116.